The molecule has 0 spiro atoms. The van der Waals surface area contributed by atoms with E-state index < -0.39 is 6.10 Å². The summed E-state index contributed by atoms with van der Waals surface area (Å²) in [5, 5.41) is 11.1. The van der Waals surface area contributed by atoms with E-state index in [1.54, 1.807) is 6.92 Å². The van der Waals surface area contributed by atoms with Crippen molar-refractivity contribution in [1.82, 2.24) is 15.5 Å². The summed E-state index contributed by atoms with van der Waals surface area (Å²) < 4.78 is 24.1. The number of ether oxygens (including phenoxy) is 1. The third kappa shape index (κ3) is 6.32. The lowest BCUT2D eigenvalue weighted by Crippen LogP contribution is -2.27. The largest absolute Gasteiger partial charge is 0.481 e. The number of nitrogens with one attached hydrogen (secondary N) is 1. The molecule has 3 aromatic rings. The average Bonchev–Trinajstić information content (AvgIpc) is 3.19. The predicted molar refractivity (Wildman–Crippen MR) is 108 cm³/mol. The molecule has 2 aromatic carbocycles. The summed E-state index contributed by atoms with van der Waals surface area (Å²) in [7, 11) is 0. The predicted octanol–water partition coefficient (Wildman–Crippen LogP) is 4.11. The third-order valence-electron chi connectivity index (χ3n) is 4.20. The lowest BCUT2D eigenvalue weighted by molar-refractivity contribution is -0.118. The van der Waals surface area contributed by atoms with Crippen LogP contribution in [0.4, 0.5) is 4.39 Å². The minimum absolute atomic E-state index is 0.0982. The van der Waals surface area contributed by atoms with E-state index in [2.05, 4.69) is 34.6 Å². The maximum Gasteiger partial charge on any atom is 0.277 e. The summed E-state index contributed by atoms with van der Waals surface area (Å²) in [5.74, 6) is 0.538. The highest BCUT2D eigenvalue weighted by atomic mass is 32.2. The summed E-state index contributed by atoms with van der Waals surface area (Å²) in [5.41, 5.74) is 2.43. The quantitative estimate of drug-likeness (QED) is 0.530. The van der Waals surface area contributed by atoms with Crippen molar-refractivity contribution in [3.05, 3.63) is 71.4 Å². The first-order chi connectivity index (χ1) is 14.0. The molecule has 0 saturated carbocycles. The van der Waals surface area contributed by atoms with Gasteiger partial charge in [-0.05, 0) is 55.7 Å². The van der Waals surface area contributed by atoms with Gasteiger partial charge in [0.1, 0.15) is 11.6 Å². The van der Waals surface area contributed by atoms with Crippen LogP contribution in [-0.4, -0.2) is 28.4 Å². The highest BCUT2D eigenvalue weighted by Gasteiger charge is 2.17. The van der Waals surface area contributed by atoms with Gasteiger partial charge < -0.3 is 14.5 Å². The molecule has 0 bridgehead atoms. The van der Waals surface area contributed by atoms with Gasteiger partial charge in [-0.1, -0.05) is 36.0 Å². The first kappa shape index (κ1) is 20.9. The first-order valence-corrected chi connectivity index (χ1v) is 10.2. The zero-order chi connectivity index (χ0) is 20.6. The minimum atomic E-state index is -0.495. The molecule has 0 fully saturated rings. The second-order valence-corrected chi connectivity index (χ2v) is 7.36. The topological polar surface area (TPSA) is 77.2 Å². The number of aromatic nitrogens is 2. The van der Waals surface area contributed by atoms with Gasteiger partial charge in [-0.3, -0.25) is 4.79 Å². The summed E-state index contributed by atoms with van der Waals surface area (Å²) in [6.45, 7) is 4.38. The number of halogens is 1. The number of carbonyl (C=O) groups excluding carboxylic acids is 1. The van der Waals surface area contributed by atoms with E-state index >= 15 is 0 Å². The van der Waals surface area contributed by atoms with Gasteiger partial charge in [-0.25, -0.2) is 4.39 Å². The van der Waals surface area contributed by atoms with Crippen LogP contribution in [-0.2, 0) is 11.2 Å². The normalized spacial score (nSPS) is 11.8. The fourth-order valence-corrected chi connectivity index (χ4v) is 3.22. The molecular formula is C21H22FN3O3S. The van der Waals surface area contributed by atoms with E-state index in [4.69, 9.17) is 9.15 Å². The molecule has 0 aliphatic carbocycles. The Morgan fingerprint density at radius 2 is 1.97 bits per heavy atom. The van der Waals surface area contributed by atoms with Crippen LogP contribution in [0, 0.1) is 12.7 Å². The molecule has 8 heteroatoms. The van der Waals surface area contributed by atoms with Crippen molar-refractivity contribution >= 4 is 17.7 Å². The molecule has 0 aliphatic rings. The smallest absolute Gasteiger partial charge is 0.277 e. The van der Waals surface area contributed by atoms with E-state index in [0.29, 0.717) is 17.5 Å². The minimum Gasteiger partial charge on any atom is -0.481 e. The Hall–Kier alpha value is -2.87. The third-order valence-corrected chi connectivity index (χ3v) is 5.02. The van der Waals surface area contributed by atoms with E-state index in [1.807, 2.05) is 12.1 Å². The zero-order valence-corrected chi connectivity index (χ0v) is 17.0. The molecular weight excluding hydrogens is 393 g/mol. The monoisotopic (exact) mass is 415 g/mol. The second-order valence-electron chi connectivity index (χ2n) is 6.44. The molecule has 29 heavy (non-hydrogen) atoms. The molecule has 0 saturated heterocycles. The van der Waals surface area contributed by atoms with Crippen molar-refractivity contribution in [2.24, 2.45) is 0 Å². The molecule has 0 unspecified atom stereocenters. The van der Waals surface area contributed by atoms with Crippen LogP contribution in [0.5, 0.6) is 5.75 Å². The molecule has 152 valence electrons. The van der Waals surface area contributed by atoms with Crippen molar-refractivity contribution in [2.45, 2.75) is 31.6 Å². The van der Waals surface area contributed by atoms with Gasteiger partial charge in [0.2, 0.25) is 5.91 Å². The molecule has 1 N–H and O–H groups in total. The van der Waals surface area contributed by atoms with Crippen LogP contribution >= 0.6 is 11.8 Å². The maximum absolute atomic E-state index is 13.0. The summed E-state index contributed by atoms with van der Waals surface area (Å²) in [6, 6.07) is 13.8. The fraction of sp³-hybridized carbons (Fsp3) is 0.286. The number of nitrogens with zero attached hydrogens (tertiary/aromatic N) is 2. The van der Waals surface area contributed by atoms with Gasteiger partial charge in [0.25, 0.3) is 11.1 Å². The number of amides is 1. The van der Waals surface area contributed by atoms with Gasteiger partial charge in [-0.15, -0.1) is 10.2 Å². The summed E-state index contributed by atoms with van der Waals surface area (Å²) in [6.07, 6.45) is 0.289. The Balaban J connectivity index is 1.42. The van der Waals surface area contributed by atoms with Crippen molar-refractivity contribution in [3.63, 3.8) is 0 Å². The number of hydrogen-bond acceptors (Lipinski definition) is 6. The van der Waals surface area contributed by atoms with Crippen LogP contribution in [0.2, 0.25) is 0 Å². The van der Waals surface area contributed by atoms with Crippen molar-refractivity contribution < 1.29 is 18.3 Å². The van der Waals surface area contributed by atoms with Gasteiger partial charge in [0, 0.05) is 6.54 Å². The number of carbonyl (C=O) groups is 1. The molecule has 0 radical (unpaired) electrons. The standard InChI is InChI=1S/C21H22FN3O3S/c1-14-5-3-4-6-16(14)11-12-23-19(26)13-29-21-25-24-20(28-21)15(2)27-18-9-7-17(22)8-10-18/h3-10,15H,11-13H2,1-2H3,(H,23,26)/t15-/m1/s1. The van der Waals surface area contributed by atoms with Crippen LogP contribution in [0.3, 0.4) is 0 Å². The van der Waals surface area contributed by atoms with Crippen LogP contribution < -0.4 is 10.1 Å². The lowest BCUT2D eigenvalue weighted by Gasteiger charge is -2.10. The van der Waals surface area contributed by atoms with E-state index in [-0.39, 0.29) is 23.4 Å². The first-order valence-electron chi connectivity index (χ1n) is 9.21. The molecule has 3 rings (SSSR count). The van der Waals surface area contributed by atoms with Gasteiger partial charge in [0.05, 0.1) is 5.75 Å². The van der Waals surface area contributed by atoms with Crippen molar-refractivity contribution in [1.29, 1.82) is 0 Å². The summed E-state index contributed by atoms with van der Waals surface area (Å²) >= 11 is 1.17. The molecule has 1 heterocycles. The average molecular weight is 415 g/mol. The van der Waals surface area contributed by atoms with Crippen LogP contribution in [0.25, 0.3) is 0 Å². The Morgan fingerprint density at radius 1 is 1.21 bits per heavy atom. The number of rotatable bonds is 9. The highest BCUT2D eigenvalue weighted by Crippen LogP contribution is 2.24. The molecule has 6 nitrogen and oxygen atoms in total. The number of thioether (sulfide) groups is 1. The number of aryl methyl sites for hydroxylation is 1. The molecule has 1 amide bonds. The molecule has 1 atom stereocenters. The van der Waals surface area contributed by atoms with Crippen LogP contribution in [0.15, 0.2) is 58.2 Å². The highest BCUT2D eigenvalue weighted by molar-refractivity contribution is 7.99. The molecule has 1 aromatic heterocycles. The fourth-order valence-electron chi connectivity index (χ4n) is 2.62. The Labute approximate surface area is 172 Å². The number of benzene rings is 2. The zero-order valence-electron chi connectivity index (χ0n) is 16.2. The Morgan fingerprint density at radius 3 is 2.72 bits per heavy atom. The van der Waals surface area contributed by atoms with Crippen molar-refractivity contribution in [2.75, 3.05) is 12.3 Å². The van der Waals surface area contributed by atoms with E-state index in [0.717, 1.165) is 6.42 Å². The van der Waals surface area contributed by atoms with Gasteiger partial charge in [0.15, 0.2) is 6.10 Å². The lowest BCUT2D eigenvalue weighted by atomic mass is 10.1. The summed E-state index contributed by atoms with van der Waals surface area (Å²) in [4.78, 5) is 12.0. The Kier molecular flexibility index (Phi) is 7.24. The maximum atomic E-state index is 13.0. The number of hydrogen-bond donors (Lipinski definition) is 1. The van der Waals surface area contributed by atoms with Crippen molar-refractivity contribution in [3.8, 4) is 5.75 Å². The van der Waals surface area contributed by atoms with Crippen LogP contribution in [0.1, 0.15) is 30.0 Å². The van der Waals surface area contributed by atoms with E-state index in [9.17, 15) is 9.18 Å². The van der Waals surface area contributed by atoms with Gasteiger partial charge >= 0.3 is 0 Å². The molecule has 0 aliphatic heterocycles. The second kappa shape index (κ2) is 10.1. The van der Waals surface area contributed by atoms with E-state index in [1.165, 1.54) is 47.2 Å². The SMILES string of the molecule is Cc1ccccc1CCNC(=O)CSc1nnc([C@@H](C)Oc2ccc(F)cc2)o1. The Bertz CT molecular complexity index is 946. The van der Waals surface area contributed by atoms with Gasteiger partial charge in [-0.2, -0.15) is 0 Å².